The number of benzene rings is 1. The van der Waals surface area contributed by atoms with Crippen LogP contribution in [0.1, 0.15) is 24.8 Å². The number of halogens is 1. The highest BCUT2D eigenvalue weighted by Gasteiger charge is 2.44. The van der Waals surface area contributed by atoms with Gasteiger partial charge < -0.3 is 5.32 Å². The zero-order valence-corrected chi connectivity index (χ0v) is 12.6. The maximum absolute atomic E-state index is 12.6. The van der Waals surface area contributed by atoms with Crippen LogP contribution >= 0.6 is 23.8 Å². The Kier molecular flexibility index (Phi) is 4.41. The zero-order chi connectivity index (χ0) is 13.2. The van der Waals surface area contributed by atoms with Crippen LogP contribution in [0.15, 0.2) is 24.3 Å². The second-order valence-electron chi connectivity index (χ2n) is 4.42. The van der Waals surface area contributed by atoms with Crippen molar-refractivity contribution >= 4 is 39.6 Å². The van der Waals surface area contributed by atoms with Gasteiger partial charge in [-0.1, -0.05) is 42.4 Å². The molecule has 0 unspecified atom stereocenters. The van der Waals surface area contributed by atoms with Gasteiger partial charge in [0.25, 0.3) is 0 Å². The van der Waals surface area contributed by atoms with Crippen molar-refractivity contribution in [2.75, 3.05) is 12.8 Å². The van der Waals surface area contributed by atoms with E-state index in [2.05, 4.69) is 5.32 Å². The molecule has 1 aliphatic rings. The maximum atomic E-state index is 12.6. The molecule has 0 aliphatic carbocycles. The molecule has 1 N–H and O–H groups in total. The van der Waals surface area contributed by atoms with Crippen molar-refractivity contribution in [2.24, 2.45) is 0 Å². The van der Waals surface area contributed by atoms with Gasteiger partial charge in [0.15, 0.2) is 0 Å². The molecular weight excluding hydrogens is 286 g/mol. The molecule has 1 saturated heterocycles. The summed E-state index contributed by atoms with van der Waals surface area (Å²) in [5, 5.41) is 3.71. The zero-order valence-electron chi connectivity index (χ0n) is 10.2. The van der Waals surface area contributed by atoms with Crippen LogP contribution in [0.2, 0.25) is 5.02 Å². The predicted molar refractivity (Wildman–Crippen MR) is 81.6 cm³/mol. The van der Waals surface area contributed by atoms with Crippen LogP contribution in [-0.2, 0) is 15.5 Å². The van der Waals surface area contributed by atoms with Gasteiger partial charge in [-0.25, -0.2) is 0 Å². The lowest BCUT2D eigenvalue weighted by atomic mass is 9.91. The third-order valence-corrected chi connectivity index (χ3v) is 6.42. The van der Waals surface area contributed by atoms with E-state index in [0.717, 1.165) is 24.8 Å². The van der Waals surface area contributed by atoms with Gasteiger partial charge in [0.05, 0.1) is 4.99 Å². The van der Waals surface area contributed by atoms with Crippen LogP contribution in [0.25, 0.3) is 0 Å². The Morgan fingerprint density at radius 2 is 2.06 bits per heavy atom. The molecule has 2 nitrogen and oxygen atoms in total. The van der Waals surface area contributed by atoms with Gasteiger partial charge in [0, 0.05) is 28.6 Å². The van der Waals surface area contributed by atoms with E-state index in [0.29, 0.717) is 15.8 Å². The minimum absolute atomic E-state index is 0.535. The summed E-state index contributed by atoms with van der Waals surface area (Å²) in [5.74, 6) is 0.713. The molecule has 0 spiro atoms. The highest BCUT2D eigenvalue weighted by atomic mass is 35.5. The molecule has 2 rings (SSSR count). The summed E-state index contributed by atoms with van der Waals surface area (Å²) in [5.41, 5.74) is 1.00. The molecule has 1 aromatic carbocycles. The topological polar surface area (TPSA) is 29.1 Å². The molecule has 18 heavy (non-hydrogen) atoms. The van der Waals surface area contributed by atoms with E-state index >= 15 is 0 Å². The Labute approximate surface area is 121 Å². The van der Waals surface area contributed by atoms with Crippen LogP contribution in [0.4, 0.5) is 0 Å². The SMILES string of the molecule is CNC(=S)[C@]1(c2ccc(Cl)cc2)CCCC[S@]1=O. The van der Waals surface area contributed by atoms with Gasteiger partial charge in [0.1, 0.15) is 4.75 Å². The third-order valence-electron chi connectivity index (χ3n) is 3.40. The smallest absolute Gasteiger partial charge is 0.121 e. The molecular formula is C13H16ClNOS2. The molecule has 0 bridgehead atoms. The van der Waals surface area contributed by atoms with Gasteiger partial charge in [-0.15, -0.1) is 0 Å². The van der Waals surface area contributed by atoms with Crippen molar-refractivity contribution in [3.63, 3.8) is 0 Å². The Hall–Kier alpha value is -0.450. The van der Waals surface area contributed by atoms with Crippen molar-refractivity contribution in [1.29, 1.82) is 0 Å². The average molecular weight is 302 g/mol. The largest absolute Gasteiger partial charge is 0.381 e. The first-order valence-corrected chi connectivity index (χ1v) is 8.08. The number of hydrogen-bond acceptors (Lipinski definition) is 2. The standard InChI is InChI=1S/C13H16ClNOS2/c1-15-12(17)13(8-2-3-9-18(13)16)10-4-6-11(14)7-5-10/h4-7H,2-3,8-9H2,1H3,(H,15,17)/t13-,18-/m1/s1. The van der Waals surface area contributed by atoms with Crippen molar-refractivity contribution in [3.05, 3.63) is 34.9 Å². The van der Waals surface area contributed by atoms with Crippen LogP contribution in [0, 0.1) is 0 Å². The fourth-order valence-corrected chi connectivity index (χ4v) is 4.96. The van der Waals surface area contributed by atoms with E-state index in [-0.39, 0.29) is 0 Å². The summed E-state index contributed by atoms with van der Waals surface area (Å²) < 4.78 is 12.0. The molecule has 1 fully saturated rings. The number of hydrogen-bond donors (Lipinski definition) is 1. The molecule has 0 saturated carbocycles. The second-order valence-corrected chi connectivity index (χ2v) is 7.06. The molecule has 98 valence electrons. The lowest BCUT2D eigenvalue weighted by Crippen LogP contribution is -2.47. The molecule has 0 amide bonds. The van der Waals surface area contributed by atoms with Gasteiger partial charge in [-0.2, -0.15) is 0 Å². The van der Waals surface area contributed by atoms with Crippen LogP contribution in [0.3, 0.4) is 0 Å². The lowest BCUT2D eigenvalue weighted by Gasteiger charge is -2.37. The average Bonchev–Trinajstić information content (AvgIpc) is 2.40. The summed E-state index contributed by atoms with van der Waals surface area (Å²) in [4.78, 5) is 0.669. The Balaban J connectivity index is 2.51. The normalized spacial score (nSPS) is 27.8. The van der Waals surface area contributed by atoms with Crippen molar-refractivity contribution in [3.8, 4) is 0 Å². The Morgan fingerprint density at radius 1 is 1.39 bits per heavy atom. The minimum atomic E-state index is -0.971. The molecule has 1 heterocycles. The fraction of sp³-hybridized carbons (Fsp3) is 0.462. The van der Waals surface area contributed by atoms with Gasteiger partial charge in [-0.05, 0) is 30.5 Å². The predicted octanol–water partition coefficient (Wildman–Crippen LogP) is 3.01. The molecule has 1 aliphatic heterocycles. The highest BCUT2D eigenvalue weighted by molar-refractivity contribution is 7.90. The monoisotopic (exact) mass is 301 g/mol. The minimum Gasteiger partial charge on any atom is -0.381 e. The fourth-order valence-electron chi connectivity index (χ4n) is 2.44. The van der Waals surface area contributed by atoms with E-state index in [9.17, 15) is 4.21 Å². The van der Waals surface area contributed by atoms with Gasteiger partial charge in [0.2, 0.25) is 0 Å². The third kappa shape index (κ3) is 2.33. The highest BCUT2D eigenvalue weighted by Crippen LogP contribution is 2.39. The van der Waals surface area contributed by atoms with E-state index < -0.39 is 15.5 Å². The number of rotatable bonds is 2. The van der Waals surface area contributed by atoms with E-state index in [1.807, 2.05) is 24.3 Å². The van der Waals surface area contributed by atoms with Crippen molar-refractivity contribution < 1.29 is 4.21 Å². The van der Waals surface area contributed by atoms with E-state index in [1.54, 1.807) is 7.05 Å². The summed E-state index contributed by atoms with van der Waals surface area (Å²) in [6.07, 6.45) is 2.89. The van der Waals surface area contributed by atoms with Gasteiger partial charge >= 0.3 is 0 Å². The van der Waals surface area contributed by atoms with Gasteiger partial charge in [-0.3, -0.25) is 4.21 Å². The first-order valence-electron chi connectivity index (χ1n) is 5.98. The first-order chi connectivity index (χ1) is 8.61. The first kappa shape index (κ1) is 14.0. The second kappa shape index (κ2) is 5.68. The number of thiocarbonyl (C=S) groups is 1. The number of nitrogens with one attached hydrogen (secondary N) is 1. The summed E-state index contributed by atoms with van der Waals surface area (Å²) in [6.45, 7) is 0. The molecule has 0 aromatic heterocycles. The molecule has 5 heteroatoms. The Morgan fingerprint density at radius 3 is 2.61 bits per heavy atom. The summed E-state index contributed by atoms with van der Waals surface area (Å²) in [7, 11) is 0.826. The van der Waals surface area contributed by atoms with Crippen molar-refractivity contribution in [2.45, 2.75) is 24.0 Å². The summed E-state index contributed by atoms with van der Waals surface area (Å²) >= 11 is 11.4. The quantitative estimate of drug-likeness (QED) is 0.852. The molecule has 2 atom stereocenters. The van der Waals surface area contributed by atoms with E-state index in [1.165, 1.54) is 0 Å². The molecule has 0 radical (unpaired) electrons. The van der Waals surface area contributed by atoms with Crippen LogP contribution in [0.5, 0.6) is 0 Å². The lowest BCUT2D eigenvalue weighted by molar-refractivity contribution is 0.574. The van der Waals surface area contributed by atoms with Crippen LogP contribution < -0.4 is 5.32 Å². The van der Waals surface area contributed by atoms with Crippen LogP contribution in [-0.4, -0.2) is 22.0 Å². The Bertz CT molecular complexity index is 464. The molecule has 1 aromatic rings. The van der Waals surface area contributed by atoms with Crippen molar-refractivity contribution in [1.82, 2.24) is 5.32 Å². The van der Waals surface area contributed by atoms with E-state index in [4.69, 9.17) is 23.8 Å². The number of likely N-dealkylation sites (N-methyl/N-ethyl adjacent to an activating group) is 1. The maximum Gasteiger partial charge on any atom is 0.121 e. The summed E-state index contributed by atoms with van der Waals surface area (Å²) in [6, 6.07) is 7.55.